The van der Waals surface area contributed by atoms with Crippen LogP contribution in [0, 0.1) is 5.82 Å². The van der Waals surface area contributed by atoms with Crippen molar-refractivity contribution in [2.24, 2.45) is 0 Å². The Labute approximate surface area is 192 Å². The number of benzene rings is 3. The minimum atomic E-state index is -0.342. The second kappa shape index (κ2) is 10.5. The highest BCUT2D eigenvalue weighted by atomic mass is 19.1. The number of nitrogens with one attached hydrogen (secondary N) is 2. The lowest BCUT2D eigenvalue weighted by molar-refractivity contribution is 0.0938. The van der Waals surface area contributed by atoms with Gasteiger partial charge in [0.25, 0.3) is 5.91 Å². The first-order chi connectivity index (χ1) is 16.1. The molecule has 1 heterocycles. The van der Waals surface area contributed by atoms with E-state index in [1.165, 1.54) is 17.7 Å². The van der Waals surface area contributed by atoms with E-state index in [0.29, 0.717) is 22.8 Å². The van der Waals surface area contributed by atoms with Gasteiger partial charge in [0.2, 0.25) is 0 Å². The Balaban J connectivity index is 1.39. The van der Waals surface area contributed by atoms with Crippen molar-refractivity contribution in [2.45, 2.75) is 25.8 Å². The monoisotopic (exact) mass is 440 g/mol. The molecule has 0 fully saturated rings. The summed E-state index contributed by atoms with van der Waals surface area (Å²) in [5, 5.41) is 6.26. The van der Waals surface area contributed by atoms with E-state index in [-0.39, 0.29) is 17.8 Å². The van der Waals surface area contributed by atoms with Crippen LogP contribution in [-0.4, -0.2) is 21.9 Å². The Hall–Kier alpha value is -4.06. The van der Waals surface area contributed by atoms with E-state index in [2.05, 4.69) is 32.7 Å². The maximum Gasteiger partial charge on any atom is 0.251 e. The Bertz CT molecular complexity index is 1230. The average Bonchev–Trinajstić information content (AvgIpc) is 2.84. The fourth-order valence-corrected chi connectivity index (χ4v) is 3.49. The molecule has 0 saturated heterocycles. The van der Waals surface area contributed by atoms with E-state index in [9.17, 15) is 9.18 Å². The summed E-state index contributed by atoms with van der Waals surface area (Å²) >= 11 is 0. The number of anilines is 2. The van der Waals surface area contributed by atoms with Crippen LogP contribution in [0.4, 0.5) is 15.9 Å². The van der Waals surface area contributed by atoms with Crippen LogP contribution in [0.15, 0.2) is 91.1 Å². The Morgan fingerprint density at radius 2 is 1.79 bits per heavy atom. The van der Waals surface area contributed by atoms with Crippen LogP contribution in [0.1, 0.15) is 29.3 Å². The van der Waals surface area contributed by atoms with Gasteiger partial charge in [-0.3, -0.25) is 4.79 Å². The fraction of sp³-hybridized carbons (Fsp3) is 0.148. The topological polar surface area (TPSA) is 66.9 Å². The molecular formula is C27H25FN4O. The van der Waals surface area contributed by atoms with Crippen molar-refractivity contribution < 1.29 is 9.18 Å². The maximum atomic E-state index is 13.5. The zero-order valence-electron chi connectivity index (χ0n) is 18.3. The average molecular weight is 441 g/mol. The molecule has 0 aliphatic heterocycles. The molecular weight excluding hydrogens is 415 g/mol. The summed E-state index contributed by atoms with van der Waals surface area (Å²) in [6.45, 7) is 2.01. The molecule has 0 aliphatic rings. The fourth-order valence-electron chi connectivity index (χ4n) is 3.49. The van der Waals surface area contributed by atoms with Crippen LogP contribution in [-0.2, 0) is 6.42 Å². The molecule has 166 valence electrons. The second-order valence-electron chi connectivity index (χ2n) is 7.88. The van der Waals surface area contributed by atoms with Gasteiger partial charge in [-0.25, -0.2) is 14.4 Å². The molecule has 33 heavy (non-hydrogen) atoms. The SMILES string of the molecule is C[C@H](CCc1ccccc1)NC(=O)c1cccc(Nc2ccnc(-c3cccc(F)c3)n2)c1. The number of carbonyl (C=O) groups excluding carboxylic acids is 1. The van der Waals surface area contributed by atoms with E-state index in [0.717, 1.165) is 18.5 Å². The molecule has 1 aromatic heterocycles. The lowest BCUT2D eigenvalue weighted by Gasteiger charge is -2.15. The van der Waals surface area contributed by atoms with Gasteiger partial charge in [-0.2, -0.15) is 0 Å². The molecule has 0 aliphatic carbocycles. The second-order valence-corrected chi connectivity index (χ2v) is 7.88. The third-order valence-corrected chi connectivity index (χ3v) is 5.22. The summed E-state index contributed by atoms with van der Waals surface area (Å²) in [4.78, 5) is 21.4. The Morgan fingerprint density at radius 3 is 2.61 bits per heavy atom. The molecule has 5 nitrogen and oxygen atoms in total. The number of carbonyl (C=O) groups is 1. The van der Waals surface area contributed by atoms with Crippen LogP contribution >= 0.6 is 0 Å². The van der Waals surface area contributed by atoms with Crippen molar-refractivity contribution in [3.05, 3.63) is 108 Å². The molecule has 6 heteroatoms. The van der Waals surface area contributed by atoms with Crippen LogP contribution in [0.25, 0.3) is 11.4 Å². The highest BCUT2D eigenvalue weighted by Crippen LogP contribution is 2.20. The number of rotatable bonds is 8. The third kappa shape index (κ3) is 6.23. The molecule has 1 atom stereocenters. The van der Waals surface area contributed by atoms with Gasteiger partial charge in [0.05, 0.1) is 0 Å². The van der Waals surface area contributed by atoms with Crippen LogP contribution in [0.3, 0.4) is 0 Å². The summed E-state index contributed by atoms with van der Waals surface area (Å²) in [7, 11) is 0. The van der Waals surface area contributed by atoms with Crippen molar-refractivity contribution in [2.75, 3.05) is 5.32 Å². The molecule has 0 bridgehead atoms. The number of halogens is 1. The van der Waals surface area contributed by atoms with E-state index in [1.54, 1.807) is 36.5 Å². The van der Waals surface area contributed by atoms with E-state index < -0.39 is 0 Å². The van der Waals surface area contributed by atoms with E-state index >= 15 is 0 Å². The number of aromatic nitrogens is 2. The Morgan fingerprint density at radius 1 is 0.970 bits per heavy atom. The number of hydrogen-bond donors (Lipinski definition) is 2. The predicted octanol–water partition coefficient (Wildman–Crippen LogP) is 5.78. The lowest BCUT2D eigenvalue weighted by Crippen LogP contribution is -2.32. The van der Waals surface area contributed by atoms with Gasteiger partial charge in [0.15, 0.2) is 5.82 Å². The molecule has 4 aromatic rings. The molecule has 4 rings (SSSR count). The summed E-state index contributed by atoms with van der Waals surface area (Å²) in [6, 6.07) is 25.4. The summed E-state index contributed by atoms with van der Waals surface area (Å²) in [6.07, 6.45) is 3.38. The number of amides is 1. The van der Waals surface area contributed by atoms with Gasteiger partial charge in [-0.1, -0.05) is 48.5 Å². The van der Waals surface area contributed by atoms with Gasteiger partial charge in [0.1, 0.15) is 11.6 Å². The van der Waals surface area contributed by atoms with E-state index in [4.69, 9.17) is 0 Å². The largest absolute Gasteiger partial charge is 0.350 e. The highest BCUT2D eigenvalue weighted by Gasteiger charge is 2.11. The van der Waals surface area contributed by atoms with Crippen molar-refractivity contribution in [3.63, 3.8) is 0 Å². The van der Waals surface area contributed by atoms with Gasteiger partial charge in [-0.05, 0) is 61.7 Å². The number of aryl methyl sites for hydroxylation is 1. The first-order valence-electron chi connectivity index (χ1n) is 10.9. The van der Waals surface area contributed by atoms with Crippen LogP contribution in [0.2, 0.25) is 0 Å². The predicted molar refractivity (Wildman–Crippen MR) is 129 cm³/mol. The lowest BCUT2D eigenvalue weighted by atomic mass is 10.1. The van der Waals surface area contributed by atoms with Crippen molar-refractivity contribution in [1.29, 1.82) is 0 Å². The number of nitrogens with zero attached hydrogens (tertiary/aromatic N) is 2. The van der Waals surface area contributed by atoms with E-state index in [1.807, 2.05) is 37.3 Å². The minimum Gasteiger partial charge on any atom is -0.350 e. The normalized spacial score (nSPS) is 11.6. The smallest absolute Gasteiger partial charge is 0.251 e. The van der Waals surface area contributed by atoms with Gasteiger partial charge >= 0.3 is 0 Å². The molecule has 0 unspecified atom stereocenters. The quantitative estimate of drug-likeness (QED) is 0.365. The molecule has 2 N–H and O–H groups in total. The molecule has 1 amide bonds. The molecule has 0 spiro atoms. The van der Waals surface area contributed by atoms with Gasteiger partial charge in [-0.15, -0.1) is 0 Å². The first-order valence-corrected chi connectivity index (χ1v) is 10.9. The van der Waals surface area contributed by atoms with Crippen molar-refractivity contribution in [1.82, 2.24) is 15.3 Å². The highest BCUT2D eigenvalue weighted by molar-refractivity contribution is 5.95. The molecule has 0 saturated carbocycles. The standard InChI is InChI=1S/C27H25FN4O/c1-19(13-14-20-7-3-2-4-8-20)30-27(33)22-10-6-12-24(18-22)31-25-15-16-29-26(32-25)21-9-5-11-23(28)17-21/h2-12,15-19H,13-14H2,1H3,(H,30,33)(H,29,31,32)/t19-/m1/s1. The van der Waals surface area contributed by atoms with Gasteiger partial charge in [0, 0.05) is 29.1 Å². The number of hydrogen-bond acceptors (Lipinski definition) is 4. The van der Waals surface area contributed by atoms with Gasteiger partial charge < -0.3 is 10.6 Å². The minimum absolute atomic E-state index is 0.0463. The maximum absolute atomic E-state index is 13.5. The zero-order valence-corrected chi connectivity index (χ0v) is 18.3. The molecule has 0 radical (unpaired) electrons. The van der Waals surface area contributed by atoms with Crippen LogP contribution < -0.4 is 10.6 Å². The molecule has 3 aromatic carbocycles. The Kier molecular flexibility index (Phi) is 7.05. The van der Waals surface area contributed by atoms with Crippen molar-refractivity contribution >= 4 is 17.4 Å². The summed E-state index contributed by atoms with van der Waals surface area (Å²) in [5.41, 5.74) is 3.14. The summed E-state index contributed by atoms with van der Waals surface area (Å²) in [5.74, 6) is 0.507. The van der Waals surface area contributed by atoms with Crippen molar-refractivity contribution in [3.8, 4) is 11.4 Å². The zero-order chi connectivity index (χ0) is 23.0. The van der Waals surface area contributed by atoms with Crippen LogP contribution in [0.5, 0.6) is 0 Å². The third-order valence-electron chi connectivity index (χ3n) is 5.22. The summed E-state index contributed by atoms with van der Waals surface area (Å²) < 4.78 is 13.5. The first kappa shape index (κ1) is 22.1.